The van der Waals surface area contributed by atoms with E-state index in [1.165, 1.54) is 6.26 Å². The largest absolute Gasteiger partial charge is 0.385 e. The van der Waals surface area contributed by atoms with Crippen LogP contribution < -0.4 is 17.1 Å². The fourth-order valence-electron chi connectivity index (χ4n) is 6.61. The highest BCUT2D eigenvalue weighted by molar-refractivity contribution is 7.90. The zero-order valence-corrected chi connectivity index (χ0v) is 28.2. The highest BCUT2D eigenvalue weighted by Gasteiger charge is 2.52. The Hall–Kier alpha value is -3.24. The molecule has 0 bridgehead atoms. The number of benzene rings is 2. The van der Waals surface area contributed by atoms with Crippen LogP contribution in [0.3, 0.4) is 0 Å². The maximum atomic E-state index is 14.6. The lowest BCUT2D eigenvalue weighted by Crippen LogP contribution is -2.51. The number of nitrogens with one attached hydrogen (secondary N) is 1. The second kappa shape index (κ2) is 12.6. The van der Waals surface area contributed by atoms with Crippen LogP contribution in [0, 0.1) is 16.7 Å². The molecule has 2 aliphatic rings. The second-order valence-electron chi connectivity index (χ2n) is 14.8. The molecule has 1 heterocycles. The summed E-state index contributed by atoms with van der Waals surface area (Å²) in [5.41, 5.74) is 10.7. The van der Waals surface area contributed by atoms with Gasteiger partial charge in [-0.25, -0.2) is 19.8 Å². The lowest BCUT2D eigenvalue weighted by atomic mass is 9.69. The van der Waals surface area contributed by atoms with Gasteiger partial charge in [0.25, 0.3) is 5.91 Å². The van der Waals surface area contributed by atoms with Crippen LogP contribution in [0.15, 0.2) is 63.5 Å². The molecule has 9 nitrogen and oxygen atoms in total. The quantitative estimate of drug-likeness (QED) is 0.146. The molecule has 1 unspecified atom stereocenters. The van der Waals surface area contributed by atoms with E-state index in [0.29, 0.717) is 29.4 Å². The first-order valence-electron chi connectivity index (χ1n) is 15.5. The van der Waals surface area contributed by atoms with Crippen LogP contribution in [0.2, 0.25) is 0 Å². The van der Waals surface area contributed by atoms with Gasteiger partial charge in [-0.05, 0) is 78.5 Å². The van der Waals surface area contributed by atoms with Crippen molar-refractivity contribution in [3.63, 3.8) is 0 Å². The molecule has 1 fully saturated rings. The molecule has 1 amide bonds. The molecule has 1 atom stereocenters. The molecule has 1 aliphatic heterocycles. The first-order chi connectivity index (χ1) is 20.4. The maximum Gasteiger partial charge on any atom is 0.275 e. The van der Waals surface area contributed by atoms with Gasteiger partial charge in [-0.15, -0.1) is 0 Å². The zero-order chi connectivity index (χ0) is 32.5. The van der Waals surface area contributed by atoms with Crippen molar-refractivity contribution in [1.29, 1.82) is 0 Å². The molecule has 1 aliphatic carbocycles. The smallest absolute Gasteiger partial charge is 0.275 e. The highest BCUT2D eigenvalue weighted by atomic mass is 32.2. The molecule has 10 heteroatoms. The lowest BCUT2D eigenvalue weighted by Gasteiger charge is -2.47. The van der Waals surface area contributed by atoms with E-state index in [4.69, 9.17) is 16.6 Å². The fourth-order valence-corrected chi connectivity index (χ4v) is 7.28. The SMILES string of the molecule is CC(C)(C)CCC(c1ccc(C/C(N)=N/NN)cc1)N1C(=O)C(c2cccc(S(C)(=O)=O)c2)=NC12CCC(C(C)(C)C)CC2. The number of amides is 1. The minimum Gasteiger partial charge on any atom is -0.385 e. The Morgan fingerprint density at radius 3 is 2.27 bits per heavy atom. The zero-order valence-electron chi connectivity index (χ0n) is 27.4. The molecule has 4 rings (SSSR count). The van der Waals surface area contributed by atoms with E-state index in [9.17, 15) is 13.2 Å². The molecule has 5 N–H and O–H groups in total. The number of rotatable bonds is 9. The minimum absolute atomic E-state index is 0.0612. The van der Waals surface area contributed by atoms with E-state index in [2.05, 4.69) is 64.3 Å². The Balaban J connectivity index is 1.80. The van der Waals surface area contributed by atoms with Crippen LogP contribution in [0.5, 0.6) is 0 Å². The topological polar surface area (TPSA) is 143 Å². The summed E-state index contributed by atoms with van der Waals surface area (Å²) in [4.78, 5) is 22.1. The van der Waals surface area contributed by atoms with E-state index >= 15 is 0 Å². The number of hydrazone groups is 1. The summed E-state index contributed by atoms with van der Waals surface area (Å²) in [6.45, 7) is 13.5. The highest BCUT2D eigenvalue weighted by Crippen LogP contribution is 2.50. The molecular formula is C34H50N6O3S. The third kappa shape index (κ3) is 7.69. The first-order valence-corrected chi connectivity index (χ1v) is 17.4. The van der Waals surface area contributed by atoms with Crippen molar-refractivity contribution >= 4 is 27.3 Å². The number of carbonyl (C=O) groups excluding carboxylic acids is 1. The van der Waals surface area contributed by atoms with Gasteiger partial charge in [-0.1, -0.05) is 77.9 Å². The maximum absolute atomic E-state index is 14.6. The third-order valence-electron chi connectivity index (χ3n) is 9.17. The van der Waals surface area contributed by atoms with E-state index in [0.717, 1.165) is 49.7 Å². The molecule has 44 heavy (non-hydrogen) atoms. The predicted octanol–water partition coefficient (Wildman–Crippen LogP) is 5.50. The third-order valence-corrected chi connectivity index (χ3v) is 10.3. The summed E-state index contributed by atoms with van der Waals surface area (Å²) < 4.78 is 24.8. The Kier molecular flexibility index (Phi) is 9.66. The number of carbonyl (C=O) groups is 1. The van der Waals surface area contributed by atoms with E-state index in [1.54, 1.807) is 24.3 Å². The Morgan fingerprint density at radius 1 is 1.09 bits per heavy atom. The summed E-state index contributed by atoms with van der Waals surface area (Å²) in [5, 5.41) is 3.86. The average molecular weight is 623 g/mol. The number of aliphatic imine (C=N–C) groups is 1. The molecule has 240 valence electrons. The van der Waals surface area contributed by atoms with Crippen LogP contribution in [-0.2, 0) is 21.1 Å². The van der Waals surface area contributed by atoms with Gasteiger partial charge in [-0.3, -0.25) is 9.79 Å². The number of sulfone groups is 1. The summed E-state index contributed by atoms with van der Waals surface area (Å²) >= 11 is 0. The summed E-state index contributed by atoms with van der Waals surface area (Å²) in [7, 11) is -3.45. The number of hydrogen-bond acceptors (Lipinski definition) is 7. The van der Waals surface area contributed by atoms with Crippen molar-refractivity contribution < 1.29 is 13.2 Å². The normalized spacial score (nSPS) is 22.3. The minimum atomic E-state index is -3.45. The molecular weight excluding hydrogens is 572 g/mol. The molecule has 0 aromatic heterocycles. The summed E-state index contributed by atoms with van der Waals surface area (Å²) in [5.74, 6) is 6.05. The standard InChI is InChI=1S/C34H50N6O3S/c1-32(2,3)18-17-28(24-13-11-23(12-14-24)21-29(35)38-39-36)40-31(41)30(25-9-8-10-27(22-25)44(7,42)43)37-34(40)19-15-26(16-20-34)33(4,5)6/h8-14,22,26,28,39H,15-21,36H2,1-7H3,(H2,35,38). The van der Waals surface area contributed by atoms with Gasteiger partial charge in [0.2, 0.25) is 0 Å². The van der Waals surface area contributed by atoms with Crippen molar-refractivity contribution in [2.24, 2.45) is 38.4 Å². The number of nitrogens with zero attached hydrogens (tertiary/aromatic N) is 3. The number of nitrogens with two attached hydrogens (primary N) is 2. The van der Waals surface area contributed by atoms with E-state index in [-0.39, 0.29) is 27.7 Å². The molecule has 2 aromatic rings. The van der Waals surface area contributed by atoms with Crippen molar-refractivity contribution in [3.05, 3.63) is 65.2 Å². The number of amidine groups is 1. The number of hydrazine groups is 1. The summed E-state index contributed by atoms with van der Waals surface area (Å²) in [6.07, 6.45) is 6.76. The van der Waals surface area contributed by atoms with Crippen molar-refractivity contribution in [1.82, 2.24) is 10.4 Å². The second-order valence-corrected chi connectivity index (χ2v) is 16.8. The van der Waals surface area contributed by atoms with Gasteiger partial charge in [0.1, 0.15) is 17.2 Å². The van der Waals surface area contributed by atoms with Crippen molar-refractivity contribution in [3.8, 4) is 0 Å². The molecule has 1 saturated carbocycles. The van der Waals surface area contributed by atoms with Crippen LogP contribution in [0.4, 0.5) is 0 Å². The fraction of sp³-hybridized carbons (Fsp3) is 0.559. The van der Waals surface area contributed by atoms with Gasteiger partial charge in [0.05, 0.1) is 10.9 Å². The van der Waals surface area contributed by atoms with Gasteiger partial charge >= 0.3 is 0 Å². The predicted molar refractivity (Wildman–Crippen MR) is 178 cm³/mol. The summed E-state index contributed by atoms with van der Waals surface area (Å²) in [6, 6.07) is 14.6. The van der Waals surface area contributed by atoms with E-state index < -0.39 is 15.5 Å². The molecule has 1 spiro atoms. The van der Waals surface area contributed by atoms with Gasteiger partial charge in [0, 0.05) is 18.2 Å². The van der Waals surface area contributed by atoms with Crippen LogP contribution in [-0.4, -0.2) is 42.7 Å². The average Bonchev–Trinajstić information content (AvgIpc) is 3.20. The van der Waals surface area contributed by atoms with Crippen LogP contribution in [0.25, 0.3) is 0 Å². The van der Waals surface area contributed by atoms with Gasteiger partial charge in [-0.2, -0.15) is 5.10 Å². The van der Waals surface area contributed by atoms with Crippen molar-refractivity contribution in [2.45, 2.75) is 103 Å². The van der Waals surface area contributed by atoms with Crippen LogP contribution >= 0.6 is 0 Å². The van der Waals surface area contributed by atoms with E-state index in [1.807, 2.05) is 17.0 Å². The monoisotopic (exact) mass is 622 g/mol. The molecule has 2 aromatic carbocycles. The number of hydrogen-bond donors (Lipinski definition) is 3. The first kappa shape index (κ1) is 33.6. The molecule has 0 saturated heterocycles. The van der Waals surface area contributed by atoms with Crippen molar-refractivity contribution in [2.75, 3.05) is 6.26 Å². The van der Waals surface area contributed by atoms with Gasteiger partial charge < -0.3 is 10.6 Å². The Morgan fingerprint density at radius 2 is 1.73 bits per heavy atom. The Labute approximate surface area is 263 Å². The van der Waals surface area contributed by atoms with Crippen LogP contribution in [0.1, 0.15) is 103 Å². The van der Waals surface area contributed by atoms with Gasteiger partial charge in [0.15, 0.2) is 9.84 Å². The Bertz CT molecular complexity index is 1510. The lowest BCUT2D eigenvalue weighted by molar-refractivity contribution is -0.134. The molecule has 0 radical (unpaired) electrons.